The Labute approximate surface area is 119 Å². The first-order valence-electron chi connectivity index (χ1n) is 8.05. The molecule has 3 nitrogen and oxygen atoms in total. The maximum atomic E-state index is 11.7. The molecule has 4 aliphatic rings. The van der Waals surface area contributed by atoms with E-state index in [9.17, 15) is 9.90 Å². The maximum Gasteiger partial charge on any atom is 0.223 e. The van der Waals surface area contributed by atoms with E-state index < -0.39 is 0 Å². The molecule has 0 amide bonds. The molecule has 4 aliphatic carbocycles. The number of pyridine rings is 1. The molecule has 20 heavy (non-hydrogen) atoms. The van der Waals surface area contributed by atoms with Gasteiger partial charge in [-0.25, -0.2) is 0 Å². The van der Waals surface area contributed by atoms with Crippen LogP contribution in [0.5, 0.6) is 5.75 Å². The summed E-state index contributed by atoms with van der Waals surface area (Å²) in [5.41, 5.74) is 0.799. The summed E-state index contributed by atoms with van der Waals surface area (Å²) in [5, 5.41) is 10.1. The van der Waals surface area contributed by atoms with Gasteiger partial charge in [-0.05, 0) is 62.7 Å². The summed E-state index contributed by atoms with van der Waals surface area (Å²) in [6, 6.07) is 1.55. The summed E-state index contributed by atoms with van der Waals surface area (Å²) < 4.78 is 2.29. The van der Waals surface area contributed by atoms with E-state index in [1.54, 1.807) is 6.07 Å². The third-order valence-corrected chi connectivity index (χ3v) is 6.02. The van der Waals surface area contributed by atoms with Crippen LogP contribution in [0.4, 0.5) is 0 Å². The minimum Gasteiger partial charge on any atom is -0.503 e. The van der Waals surface area contributed by atoms with Crippen molar-refractivity contribution in [3.8, 4) is 5.75 Å². The highest BCUT2D eigenvalue weighted by molar-refractivity contribution is 5.29. The average molecular weight is 273 g/mol. The first-order chi connectivity index (χ1) is 9.61. The van der Waals surface area contributed by atoms with Gasteiger partial charge >= 0.3 is 0 Å². The zero-order valence-electron chi connectivity index (χ0n) is 12.1. The molecular formula is C17H23NO2. The number of rotatable bonds is 2. The molecule has 0 spiro atoms. The molecule has 0 saturated heterocycles. The molecule has 108 valence electrons. The predicted octanol–water partition coefficient (Wildman–Crippen LogP) is 3.04. The van der Waals surface area contributed by atoms with Gasteiger partial charge in [-0.15, -0.1) is 0 Å². The van der Waals surface area contributed by atoms with Crippen molar-refractivity contribution in [3.63, 3.8) is 0 Å². The van der Waals surface area contributed by atoms with Crippen LogP contribution in [0.3, 0.4) is 0 Å². The van der Waals surface area contributed by atoms with Crippen molar-refractivity contribution in [1.29, 1.82) is 0 Å². The third kappa shape index (κ3) is 1.61. The Morgan fingerprint density at radius 2 is 1.75 bits per heavy atom. The van der Waals surface area contributed by atoms with Crippen molar-refractivity contribution in [3.05, 3.63) is 28.2 Å². The Morgan fingerprint density at radius 3 is 2.25 bits per heavy atom. The summed E-state index contributed by atoms with van der Waals surface area (Å²) in [5.74, 6) is 2.58. The highest BCUT2D eigenvalue weighted by Gasteiger charge is 2.52. The maximum absolute atomic E-state index is 11.7. The highest BCUT2D eigenvalue weighted by Crippen LogP contribution is 2.59. The van der Waals surface area contributed by atoms with Crippen LogP contribution >= 0.6 is 0 Å². The Hall–Kier alpha value is -1.25. The molecule has 4 bridgehead atoms. The Bertz CT molecular complexity index is 566. The van der Waals surface area contributed by atoms with Crippen molar-refractivity contribution in [1.82, 2.24) is 4.57 Å². The standard InChI is InChI=1S/C17H23NO2/c1-2-14-16(20)15(19)3-4-18(14)17-8-11-5-12(9-17)7-13(6-11)10-17/h3-4,11-13,20H,2,5-10H2,1H3. The van der Waals surface area contributed by atoms with Gasteiger partial charge in [0.25, 0.3) is 0 Å². The molecule has 1 aromatic rings. The molecule has 5 rings (SSSR count). The van der Waals surface area contributed by atoms with E-state index in [1.165, 1.54) is 38.5 Å². The molecule has 1 aromatic heterocycles. The van der Waals surface area contributed by atoms with Gasteiger partial charge in [0.05, 0.1) is 5.69 Å². The summed E-state index contributed by atoms with van der Waals surface area (Å²) in [4.78, 5) is 11.7. The smallest absolute Gasteiger partial charge is 0.223 e. The molecule has 1 heterocycles. The first kappa shape index (κ1) is 12.5. The average Bonchev–Trinajstić information content (AvgIpc) is 2.40. The predicted molar refractivity (Wildman–Crippen MR) is 77.9 cm³/mol. The second kappa shape index (κ2) is 4.12. The monoisotopic (exact) mass is 273 g/mol. The fourth-order valence-electron chi connectivity index (χ4n) is 5.71. The number of nitrogens with zero attached hydrogens (tertiary/aromatic N) is 1. The molecule has 4 saturated carbocycles. The minimum atomic E-state index is -0.233. The van der Waals surface area contributed by atoms with Crippen molar-refractivity contribution in [2.45, 2.75) is 57.4 Å². The fraction of sp³-hybridized carbons (Fsp3) is 0.706. The van der Waals surface area contributed by atoms with E-state index in [-0.39, 0.29) is 16.7 Å². The second-order valence-electron chi connectivity index (χ2n) is 7.34. The zero-order chi connectivity index (χ0) is 13.9. The summed E-state index contributed by atoms with van der Waals surface area (Å²) in [6.07, 6.45) is 10.6. The number of aromatic nitrogens is 1. The van der Waals surface area contributed by atoms with Gasteiger partial charge < -0.3 is 9.67 Å². The van der Waals surface area contributed by atoms with Crippen LogP contribution in [-0.2, 0) is 12.0 Å². The van der Waals surface area contributed by atoms with Gasteiger partial charge in [-0.1, -0.05) is 6.92 Å². The normalized spacial score (nSPS) is 38.4. The molecule has 0 aromatic carbocycles. The van der Waals surface area contributed by atoms with Gasteiger partial charge in [0.15, 0.2) is 5.75 Å². The fourth-order valence-corrected chi connectivity index (χ4v) is 5.71. The quantitative estimate of drug-likeness (QED) is 0.900. The van der Waals surface area contributed by atoms with Crippen molar-refractivity contribution in [2.24, 2.45) is 17.8 Å². The molecule has 0 atom stereocenters. The third-order valence-electron chi connectivity index (χ3n) is 6.02. The highest BCUT2D eigenvalue weighted by atomic mass is 16.3. The molecule has 3 heteroatoms. The number of hydrogen-bond donors (Lipinski definition) is 1. The molecular weight excluding hydrogens is 250 g/mol. The lowest BCUT2D eigenvalue weighted by Gasteiger charge is -2.58. The molecule has 4 fully saturated rings. The van der Waals surface area contributed by atoms with E-state index in [0.717, 1.165) is 29.9 Å². The van der Waals surface area contributed by atoms with Crippen LogP contribution in [0.15, 0.2) is 17.1 Å². The van der Waals surface area contributed by atoms with Gasteiger partial charge in [0.2, 0.25) is 5.43 Å². The van der Waals surface area contributed by atoms with E-state index in [2.05, 4.69) is 4.57 Å². The summed E-state index contributed by atoms with van der Waals surface area (Å²) in [6.45, 7) is 2.03. The first-order valence-corrected chi connectivity index (χ1v) is 8.05. The second-order valence-corrected chi connectivity index (χ2v) is 7.34. The lowest BCUT2D eigenvalue weighted by atomic mass is 9.53. The molecule has 0 unspecified atom stereocenters. The van der Waals surface area contributed by atoms with Gasteiger partial charge in [0.1, 0.15) is 0 Å². The Morgan fingerprint density at radius 1 is 1.20 bits per heavy atom. The largest absolute Gasteiger partial charge is 0.503 e. The van der Waals surface area contributed by atoms with Crippen LogP contribution < -0.4 is 5.43 Å². The van der Waals surface area contributed by atoms with Crippen molar-refractivity contribution >= 4 is 0 Å². The summed E-state index contributed by atoms with van der Waals surface area (Å²) in [7, 11) is 0. The minimum absolute atomic E-state index is 0.0225. The lowest BCUT2D eigenvalue weighted by molar-refractivity contribution is -0.0448. The van der Waals surface area contributed by atoms with Crippen molar-refractivity contribution in [2.75, 3.05) is 0 Å². The van der Waals surface area contributed by atoms with Gasteiger partial charge in [0, 0.05) is 17.8 Å². The van der Waals surface area contributed by atoms with Gasteiger partial charge in [-0.2, -0.15) is 0 Å². The van der Waals surface area contributed by atoms with Crippen LogP contribution in [0.25, 0.3) is 0 Å². The van der Waals surface area contributed by atoms with E-state index >= 15 is 0 Å². The number of hydrogen-bond acceptors (Lipinski definition) is 2. The van der Waals surface area contributed by atoms with Crippen LogP contribution in [0.1, 0.15) is 51.1 Å². The van der Waals surface area contributed by atoms with Crippen LogP contribution in [-0.4, -0.2) is 9.67 Å². The van der Waals surface area contributed by atoms with Gasteiger partial charge in [-0.3, -0.25) is 4.79 Å². The van der Waals surface area contributed by atoms with E-state index in [4.69, 9.17) is 0 Å². The zero-order valence-corrected chi connectivity index (χ0v) is 12.1. The van der Waals surface area contributed by atoms with Crippen LogP contribution in [0.2, 0.25) is 0 Å². The Kier molecular flexibility index (Phi) is 2.57. The molecule has 0 radical (unpaired) electrons. The number of aromatic hydroxyl groups is 1. The lowest BCUT2D eigenvalue weighted by Crippen LogP contribution is -2.52. The SMILES string of the molecule is CCc1c(O)c(=O)ccn1C12CC3CC(CC(C3)C1)C2. The van der Waals surface area contributed by atoms with E-state index in [1.807, 2.05) is 13.1 Å². The Balaban J connectivity index is 1.85. The molecule has 1 N–H and O–H groups in total. The topological polar surface area (TPSA) is 42.2 Å². The van der Waals surface area contributed by atoms with Crippen LogP contribution in [0, 0.1) is 17.8 Å². The van der Waals surface area contributed by atoms with Crippen molar-refractivity contribution < 1.29 is 5.11 Å². The van der Waals surface area contributed by atoms with E-state index in [0.29, 0.717) is 0 Å². The summed E-state index contributed by atoms with van der Waals surface area (Å²) >= 11 is 0. The molecule has 0 aliphatic heterocycles.